The summed E-state index contributed by atoms with van der Waals surface area (Å²) in [6.45, 7) is 4.26. The smallest absolute Gasteiger partial charge is 0.335 e. The molecule has 5 nitrogen and oxygen atoms in total. The third-order valence-corrected chi connectivity index (χ3v) is 3.93. The summed E-state index contributed by atoms with van der Waals surface area (Å²) in [4.78, 5) is 25.4. The Kier molecular flexibility index (Phi) is 4.57. The fourth-order valence-corrected chi connectivity index (χ4v) is 2.65. The zero-order chi connectivity index (χ0) is 16.2. The van der Waals surface area contributed by atoms with Crippen LogP contribution in [0.15, 0.2) is 47.6 Å². The molecular formula is C18H19NO4. The molecule has 0 bridgehead atoms. The highest BCUT2D eigenvalue weighted by atomic mass is 16.5. The number of carbonyl (C=O) groups is 2. The van der Waals surface area contributed by atoms with E-state index < -0.39 is 0 Å². The lowest BCUT2D eigenvalue weighted by Gasteiger charge is -2.22. The minimum absolute atomic E-state index is 0.276. The summed E-state index contributed by atoms with van der Waals surface area (Å²) in [7, 11) is 0. The van der Waals surface area contributed by atoms with Gasteiger partial charge in [0, 0.05) is 19.6 Å². The predicted molar refractivity (Wildman–Crippen MR) is 84.5 cm³/mol. The number of aryl methyl sites for hydroxylation is 1. The summed E-state index contributed by atoms with van der Waals surface area (Å²) in [5, 5.41) is 0. The quantitative estimate of drug-likeness (QED) is 0.749. The lowest BCUT2D eigenvalue weighted by molar-refractivity contribution is -0.136. The van der Waals surface area contributed by atoms with Crippen molar-refractivity contribution in [3.8, 4) is 0 Å². The second-order valence-electron chi connectivity index (χ2n) is 5.79. The molecule has 0 fully saturated rings. The predicted octanol–water partition coefficient (Wildman–Crippen LogP) is 1.76. The van der Waals surface area contributed by atoms with Gasteiger partial charge in [-0.2, -0.15) is 0 Å². The van der Waals surface area contributed by atoms with Crippen LogP contribution in [0.2, 0.25) is 0 Å². The second kappa shape index (κ2) is 6.79. The van der Waals surface area contributed by atoms with E-state index in [0.29, 0.717) is 44.0 Å². The van der Waals surface area contributed by atoms with Gasteiger partial charge in [-0.15, -0.1) is 0 Å². The highest BCUT2D eigenvalue weighted by Gasteiger charge is 2.24. The third kappa shape index (κ3) is 3.87. The van der Waals surface area contributed by atoms with Crippen LogP contribution in [-0.2, 0) is 25.6 Å². The Morgan fingerprint density at radius 2 is 1.39 bits per heavy atom. The maximum Gasteiger partial charge on any atom is 0.335 e. The highest BCUT2D eigenvalue weighted by molar-refractivity contribution is 5.91. The van der Waals surface area contributed by atoms with Crippen LogP contribution in [0.5, 0.6) is 0 Å². The first-order chi connectivity index (χ1) is 11.1. The Balaban J connectivity index is 1.73. The van der Waals surface area contributed by atoms with Crippen molar-refractivity contribution in [1.29, 1.82) is 0 Å². The van der Waals surface area contributed by atoms with Crippen LogP contribution in [0.1, 0.15) is 11.1 Å². The molecule has 5 heteroatoms. The second-order valence-corrected chi connectivity index (χ2v) is 5.79. The van der Waals surface area contributed by atoms with Crippen LogP contribution in [0.4, 0.5) is 0 Å². The molecule has 3 rings (SSSR count). The van der Waals surface area contributed by atoms with Gasteiger partial charge in [0.2, 0.25) is 0 Å². The third-order valence-electron chi connectivity index (χ3n) is 3.93. The molecule has 0 aromatic heterocycles. The fourth-order valence-electron chi connectivity index (χ4n) is 2.65. The number of benzene rings is 1. The van der Waals surface area contributed by atoms with Crippen LogP contribution in [0.25, 0.3) is 0 Å². The molecule has 1 aromatic carbocycles. The maximum absolute atomic E-state index is 11.7. The van der Waals surface area contributed by atoms with Gasteiger partial charge in [0.1, 0.15) is 13.2 Å². The monoisotopic (exact) mass is 313 g/mol. The van der Waals surface area contributed by atoms with Crippen molar-refractivity contribution < 1.29 is 19.1 Å². The number of ether oxygens (including phenoxy) is 2. The molecular weight excluding hydrogens is 294 g/mol. The molecule has 2 heterocycles. The Hall–Kier alpha value is -2.40. The molecule has 0 atom stereocenters. The van der Waals surface area contributed by atoms with Crippen molar-refractivity contribution in [3.63, 3.8) is 0 Å². The normalized spacial score (nSPS) is 17.1. The van der Waals surface area contributed by atoms with E-state index in [2.05, 4.69) is 29.2 Å². The van der Waals surface area contributed by atoms with Gasteiger partial charge >= 0.3 is 11.9 Å². The summed E-state index contributed by atoms with van der Waals surface area (Å²) in [6, 6.07) is 8.23. The van der Waals surface area contributed by atoms with E-state index in [1.54, 1.807) is 12.2 Å². The van der Waals surface area contributed by atoms with E-state index in [1.165, 1.54) is 5.56 Å². The van der Waals surface area contributed by atoms with Crippen molar-refractivity contribution in [2.45, 2.75) is 13.5 Å². The van der Waals surface area contributed by atoms with Crippen molar-refractivity contribution in [2.24, 2.45) is 0 Å². The van der Waals surface area contributed by atoms with Gasteiger partial charge in [-0.25, -0.2) is 9.59 Å². The molecule has 1 aromatic rings. The highest BCUT2D eigenvalue weighted by Crippen LogP contribution is 2.16. The molecule has 2 aliphatic heterocycles. The van der Waals surface area contributed by atoms with Gasteiger partial charge in [0.05, 0.1) is 11.1 Å². The number of carbonyl (C=O) groups excluding carboxylic acids is 2. The van der Waals surface area contributed by atoms with Gasteiger partial charge in [-0.3, -0.25) is 4.90 Å². The summed E-state index contributed by atoms with van der Waals surface area (Å²) in [5.74, 6) is -0.552. The summed E-state index contributed by atoms with van der Waals surface area (Å²) in [5.41, 5.74) is 3.62. The zero-order valence-electron chi connectivity index (χ0n) is 13.1. The van der Waals surface area contributed by atoms with Gasteiger partial charge in [0.15, 0.2) is 0 Å². The van der Waals surface area contributed by atoms with E-state index >= 15 is 0 Å². The number of esters is 2. The van der Waals surface area contributed by atoms with Gasteiger partial charge < -0.3 is 9.47 Å². The summed E-state index contributed by atoms with van der Waals surface area (Å²) in [6.07, 6.45) is 3.59. The summed E-state index contributed by atoms with van der Waals surface area (Å²) < 4.78 is 9.92. The SMILES string of the molecule is Cc1ccc(CN(CC2=CCOC2=O)CC2=CCOC2=O)cc1. The molecule has 23 heavy (non-hydrogen) atoms. The number of hydrogen-bond acceptors (Lipinski definition) is 5. The van der Waals surface area contributed by atoms with Gasteiger partial charge in [0.25, 0.3) is 0 Å². The molecule has 120 valence electrons. The topological polar surface area (TPSA) is 55.8 Å². The van der Waals surface area contributed by atoms with Crippen LogP contribution in [0.3, 0.4) is 0 Å². The Labute approximate surface area is 135 Å². The van der Waals surface area contributed by atoms with E-state index in [4.69, 9.17) is 9.47 Å². The average molecular weight is 313 g/mol. The van der Waals surface area contributed by atoms with Crippen molar-refractivity contribution in [2.75, 3.05) is 26.3 Å². The number of hydrogen-bond donors (Lipinski definition) is 0. The molecule has 0 amide bonds. The van der Waals surface area contributed by atoms with E-state index in [1.807, 2.05) is 6.92 Å². The number of cyclic esters (lactones) is 2. The van der Waals surface area contributed by atoms with Crippen molar-refractivity contribution >= 4 is 11.9 Å². The first kappa shape index (κ1) is 15.5. The summed E-state index contributed by atoms with van der Waals surface area (Å²) >= 11 is 0. The Morgan fingerprint density at radius 3 is 1.83 bits per heavy atom. The average Bonchev–Trinajstić information content (AvgIpc) is 3.11. The molecule has 0 unspecified atom stereocenters. The van der Waals surface area contributed by atoms with Crippen LogP contribution in [0, 0.1) is 6.92 Å². The minimum Gasteiger partial charge on any atom is -0.458 e. The Bertz CT molecular complexity index is 637. The van der Waals surface area contributed by atoms with Crippen LogP contribution < -0.4 is 0 Å². The van der Waals surface area contributed by atoms with E-state index in [-0.39, 0.29) is 11.9 Å². The first-order valence-electron chi connectivity index (χ1n) is 7.62. The van der Waals surface area contributed by atoms with Crippen molar-refractivity contribution in [1.82, 2.24) is 4.90 Å². The lowest BCUT2D eigenvalue weighted by Crippen LogP contribution is -2.30. The van der Waals surface area contributed by atoms with Crippen molar-refractivity contribution in [3.05, 3.63) is 58.7 Å². The van der Waals surface area contributed by atoms with Gasteiger partial charge in [-0.1, -0.05) is 29.8 Å². The molecule has 0 saturated heterocycles. The zero-order valence-corrected chi connectivity index (χ0v) is 13.1. The van der Waals surface area contributed by atoms with Gasteiger partial charge in [-0.05, 0) is 24.6 Å². The van der Waals surface area contributed by atoms with E-state index in [9.17, 15) is 9.59 Å². The van der Waals surface area contributed by atoms with Crippen LogP contribution >= 0.6 is 0 Å². The lowest BCUT2D eigenvalue weighted by atomic mass is 10.1. The van der Waals surface area contributed by atoms with E-state index in [0.717, 1.165) is 5.56 Å². The molecule has 0 spiro atoms. The molecule has 0 saturated carbocycles. The fraction of sp³-hybridized carbons (Fsp3) is 0.333. The largest absolute Gasteiger partial charge is 0.458 e. The minimum atomic E-state index is -0.276. The number of nitrogens with zero attached hydrogens (tertiary/aromatic N) is 1. The molecule has 0 radical (unpaired) electrons. The molecule has 0 aliphatic carbocycles. The van der Waals surface area contributed by atoms with Crippen LogP contribution in [-0.4, -0.2) is 43.1 Å². The first-order valence-corrected chi connectivity index (χ1v) is 7.62. The molecule has 2 aliphatic rings. The Morgan fingerprint density at radius 1 is 0.870 bits per heavy atom. The number of rotatable bonds is 6. The standard InChI is InChI=1S/C18H19NO4/c1-13-2-4-14(5-3-13)10-19(11-15-6-8-22-17(15)20)12-16-7-9-23-18(16)21/h2-7H,8-12H2,1H3. The maximum atomic E-state index is 11.7. The molecule has 0 N–H and O–H groups in total.